The van der Waals surface area contributed by atoms with Crippen molar-refractivity contribution in [3.8, 4) is 11.1 Å². The van der Waals surface area contributed by atoms with Gasteiger partial charge in [-0.1, -0.05) is 170 Å². The van der Waals surface area contributed by atoms with Crippen molar-refractivity contribution in [2.75, 3.05) is 9.80 Å². The second kappa shape index (κ2) is 16.5. The molecule has 0 heterocycles. The van der Waals surface area contributed by atoms with Crippen LogP contribution in [0.4, 0.5) is 34.1 Å². The van der Waals surface area contributed by atoms with E-state index in [-0.39, 0.29) is 5.41 Å². The van der Waals surface area contributed by atoms with E-state index in [1.807, 2.05) is 0 Å². The molecule has 61 heavy (non-hydrogen) atoms. The van der Waals surface area contributed by atoms with Crippen LogP contribution in [0.15, 0.2) is 182 Å². The minimum atomic E-state index is -0.119. The molecule has 2 nitrogen and oxygen atoms in total. The van der Waals surface area contributed by atoms with E-state index < -0.39 is 0 Å². The van der Waals surface area contributed by atoms with Crippen molar-refractivity contribution in [3.63, 3.8) is 0 Å². The van der Waals surface area contributed by atoms with Gasteiger partial charge in [-0.25, -0.2) is 0 Å². The highest BCUT2D eigenvalue weighted by Crippen LogP contribution is 2.49. The molecule has 0 amide bonds. The zero-order valence-corrected chi connectivity index (χ0v) is 36.0. The summed E-state index contributed by atoms with van der Waals surface area (Å²) in [6.45, 7) is 13.2. The minimum absolute atomic E-state index is 0.119. The van der Waals surface area contributed by atoms with Crippen molar-refractivity contribution in [3.05, 3.63) is 238 Å². The Balaban J connectivity index is 0.913. The highest BCUT2D eigenvalue weighted by Gasteiger charge is 2.35. The number of hydrogen-bond donors (Lipinski definition) is 0. The molecule has 0 saturated heterocycles. The maximum absolute atomic E-state index is 2.38. The van der Waals surface area contributed by atoms with Crippen molar-refractivity contribution >= 4 is 58.4 Å². The van der Waals surface area contributed by atoms with E-state index in [4.69, 9.17) is 0 Å². The zero-order valence-electron chi connectivity index (χ0n) is 36.0. The van der Waals surface area contributed by atoms with Crippen LogP contribution in [0.3, 0.4) is 0 Å². The van der Waals surface area contributed by atoms with Crippen molar-refractivity contribution in [2.24, 2.45) is 0 Å². The van der Waals surface area contributed by atoms with E-state index >= 15 is 0 Å². The molecular weight excluding hydrogens is 737 g/mol. The van der Waals surface area contributed by atoms with E-state index in [2.05, 4.69) is 258 Å². The number of fused-ring (bicyclic) bond motifs is 3. The SMILES string of the molecule is Cc1ccc(N(c2ccc(C)cc2)c2ccc(/C=C/c3ccc4c(c3)C(C)(C)c3cc(/C=C/c5ccc(N(c6ccc(C)cc6)c6ccc(C)cc6)cc5)ccc3-4)cc2)cc1. The van der Waals surface area contributed by atoms with Crippen LogP contribution in [0.25, 0.3) is 35.4 Å². The van der Waals surface area contributed by atoms with Crippen molar-refractivity contribution in [2.45, 2.75) is 47.0 Å². The van der Waals surface area contributed by atoms with Crippen LogP contribution in [-0.4, -0.2) is 0 Å². The summed E-state index contributed by atoms with van der Waals surface area (Å²) >= 11 is 0. The topological polar surface area (TPSA) is 6.48 Å². The maximum atomic E-state index is 2.38. The monoisotopic (exact) mass is 788 g/mol. The van der Waals surface area contributed by atoms with Crippen LogP contribution in [0.5, 0.6) is 0 Å². The Kier molecular flexibility index (Phi) is 10.6. The fraction of sp³-hybridized carbons (Fsp3) is 0.119. The molecule has 1 aliphatic rings. The lowest BCUT2D eigenvalue weighted by atomic mass is 9.81. The zero-order chi connectivity index (χ0) is 42.1. The van der Waals surface area contributed by atoms with Gasteiger partial charge in [-0.05, 0) is 145 Å². The molecule has 1 aliphatic carbocycles. The van der Waals surface area contributed by atoms with Gasteiger partial charge in [0.25, 0.3) is 0 Å². The number of hydrogen-bond acceptors (Lipinski definition) is 2. The number of benzene rings is 8. The second-order valence-corrected chi connectivity index (χ2v) is 17.1. The smallest absolute Gasteiger partial charge is 0.0462 e. The van der Waals surface area contributed by atoms with Gasteiger partial charge in [0.05, 0.1) is 0 Å². The summed E-state index contributed by atoms with van der Waals surface area (Å²) in [5.41, 5.74) is 21.9. The van der Waals surface area contributed by atoms with Crippen molar-refractivity contribution in [1.82, 2.24) is 0 Å². The van der Waals surface area contributed by atoms with Crippen LogP contribution < -0.4 is 9.80 Å². The Hall–Kier alpha value is -7.16. The molecule has 2 heteroatoms. The van der Waals surface area contributed by atoms with Crippen LogP contribution in [0, 0.1) is 27.7 Å². The van der Waals surface area contributed by atoms with Crippen LogP contribution in [0.1, 0.15) is 69.5 Å². The van der Waals surface area contributed by atoms with Gasteiger partial charge in [0.1, 0.15) is 0 Å². The minimum Gasteiger partial charge on any atom is -0.311 e. The van der Waals surface area contributed by atoms with Crippen molar-refractivity contribution < 1.29 is 0 Å². The Morgan fingerprint density at radius 3 is 0.803 bits per heavy atom. The molecule has 9 rings (SSSR count). The first-order valence-corrected chi connectivity index (χ1v) is 21.3. The van der Waals surface area contributed by atoms with Crippen LogP contribution in [-0.2, 0) is 5.41 Å². The highest BCUT2D eigenvalue weighted by molar-refractivity contribution is 5.85. The van der Waals surface area contributed by atoms with Gasteiger partial charge in [0.2, 0.25) is 0 Å². The lowest BCUT2D eigenvalue weighted by Crippen LogP contribution is -2.15. The first-order chi connectivity index (χ1) is 29.6. The van der Waals surface area contributed by atoms with E-state index in [1.165, 1.54) is 66.8 Å². The molecule has 0 fully saturated rings. The molecule has 8 aromatic rings. The number of aryl methyl sites for hydroxylation is 4. The average molecular weight is 789 g/mol. The number of nitrogens with zero attached hydrogens (tertiary/aromatic N) is 2. The first kappa shape index (κ1) is 39.3. The van der Waals surface area contributed by atoms with E-state index in [0.29, 0.717) is 0 Å². The summed E-state index contributed by atoms with van der Waals surface area (Å²) in [4.78, 5) is 4.64. The lowest BCUT2D eigenvalue weighted by Gasteiger charge is -2.26. The van der Waals surface area contributed by atoms with Gasteiger partial charge in [-0.15, -0.1) is 0 Å². The Morgan fingerprint density at radius 2 is 0.525 bits per heavy atom. The Morgan fingerprint density at radius 1 is 0.295 bits per heavy atom. The predicted molar refractivity (Wildman–Crippen MR) is 263 cm³/mol. The van der Waals surface area contributed by atoms with E-state index in [9.17, 15) is 0 Å². The molecule has 0 aliphatic heterocycles. The molecule has 0 aromatic heterocycles. The molecule has 0 bridgehead atoms. The molecule has 0 atom stereocenters. The molecular formula is C59H52N2. The molecule has 8 aromatic carbocycles. The predicted octanol–water partition coefficient (Wildman–Crippen LogP) is 16.5. The highest BCUT2D eigenvalue weighted by atomic mass is 15.1. The number of anilines is 6. The summed E-state index contributed by atoms with van der Waals surface area (Å²) in [5, 5.41) is 0. The largest absolute Gasteiger partial charge is 0.311 e. The van der Waals surface area contributed by atoms with Crippen molar-refractivity contribution in [1.29, 1.82) is 0 Å². The summed E-state index contributed by atoms with van der Waals surface area (Å²) < 4.78 is 0. The quantitative estimate of drug-likeness (QED) is 0.127. The van der Waals surface area contributed by atoms with Gasteiger partial charge in [0, 0.05) is 39.5 Å². The normalized spacial score (nSPS) is 12.8. The van der Waals surface area contributed by atoms with Gasteiger partial charge >= 0.3 is 0 Å². The van der Waals surface area contributed by atoms with Gasteiger partial charge < -0.3 is 9.80 Å². The van der Waals surface area contributed by atoms with E-state index in [0.717, 1.165) is 34.1 Å². The molecule has 0 unspecified atom stereocenters. The summed E-state index contributed by atoms with van der Waals surface area (Å²) in [6, 6.07) is 66.6. The second-order valence-electron chi connectivity index (χ2n) is 17.1. The van der Waals surface area contributed by atoms with Gasteiger partial charge in [-0.2, -0.15) is 0 Å². The third-order valence-electron chi connectivity index (χ3n) is 12.1. The van der Waals surface area contributed by atoms with Crippen LogP contribution in [0.2, 0.25) is 0 Å². The summed E-state index contributed by atoms with van der Waals surface area (Å²) in [7, 11) is 0. The van der Waals surface area contributed by atoms with Crippen LogP contribution >= 0.6 is 0 Å². The molecule has 0 radical (unpaired) electrons. The molecule has 0 N–H and O–H groups in total. The summed E-state index contributed by atoms with van der Waals surface area (Å²) in [6.07, 6.45) is 8.93. The Bertz CT molecular complexity index is 2570. The standard InChI is InChI=1S/C59H52N2/c1-41-7-25-49(26-8-41)60(50-27-9-42(2)10-28-50)53-33-19-45(20-34-53)15-17-47-23-37-55-56-38-24-48(40-58(56)59(5,6)57(55)39-47)18-16-46-21-35-54(36-22-46)61(51-29-11-43(3)12-30-51)52-31-13-44(4)14-32-52/h7-40H,1-6H3/b17-15+,18-16+. The third kappa shape index (κ3) is 8.23. The Labute approximate surface area is 362 Å². The fourth-order valence-corrected chi connectivity index (χ4v) is 8.50. The van der Waals surface area contributed by atoms with Gasteiger partial charge in [-0.3, -0.25) is 0 Å². The molecule has 0 saturated carbocycles. The summed E-state index contributed by atoms with van der Waals surface area (Å²) in [5.74, 6) is 0. The molecule has 0 spiro atoms. The van der Waals surface area contributed by atoms with E-state index in [1.54, 1.807) is 0 Å². The average Bonchev–Trinajstić information content (AvgIpc) is 3.50. The molecule has 298 valence electrons. The maximum Gasteiger partial charge on any atom is 0.0462 e. The lowest BCUT2D eigenvalue weighted by molar-refractivity contribution is 0.660. The third-order valence-corrected chi connectivity index (χ3v) is 12.1. The fourth-order valence-electron chi connectivity index (χ4n) is 8.50. The van der Waals surface area contributed by atoms with Gasteiger partial charge in [0.15, 0.2) is 0 Å². The number of rotatable bonds is 10. The first-order valence-electron chi connectivity index (χ1n) is 21.3.